The quantitative estimate of drug-likeness (QED) is 0.703. The number of hydrogen-bond acceptors (Lipinski definition) is 2. The zero-order chi connectivity index (χ0) is 18.6. The summed E-state index contributed by atoms with van der Waals surface area (Å²) in [4.78, 5) is 24.2. The molecule has 2 fully saturated rings. The number of carbonyl (C=O) groups is 2. The Balaban J connectivity index is -0.000000254. The Labute approximate surface area is 149 Å². The highest BCUT2D eigenvalue weighted by Gasteiger charge is 2.17. The molecule has 0 saturated carbocycles. The fourth-order valence-corrected chi connectivity index (χ4v) is 1.21. The highest BCUT2D eigenvalue weighted by Crippen LogP contribution is 1.99. The van der Waals surface area contributed by atoms with Gasteiger partial charge in [-0.2, -0.15) is 0 Å². The lowest BCUT2D eigenvalue weighted by molar-refractivity contribution is 0.225. The second-order valence-electron chi connectivity index (χ2n) is 7.01. The summed E-state index contributed by atoms with van der Waals surface area (Å²) in [6, 6.07) is -0.0185. The van der Waals surface area contributed by atoms with E-state index in [-0.39, 0.29) is 19.5 Å². The van der Waals surface area contributed by atoms with Crippen LogP contribution in [0.5, 0.6) is 0 Å². The highest BCUT2D eigenvalue weighted by atomic mass is 16.2. The summed E-state index contributed by atoms with van der Waals surface area (Å²) >= 11 is 0. The molecule has 0 unspecified atom stereocenters. The van der Waals surface area contributed by atoms with Crippen LogP contribution in [0.4, 0.5) is 9.59 Å². The summed E-state index contributed by atoms with van der Waals surface area (Å²) < 4.78 is 0. The Morgan fingerprint density at radius 3 is 1.42 bits per heavy atom. The van der Waals surface area contributed by atoms with E-state index >= 15 is 0 Å². The van der Waals surface area contributed by atoms with E-state index in [1.165, 1.54) is 0 Å². The third kappa shape index (κ3) is 18.3. The zero-order valence-corrected chi connectivity index (χ0v) is 16.2. The topological polar surface area (TPSA) is 64.7 Å². The Hall–Kier alpha value is -1.72. The lowest BCUT2D eigenvalue weighted by Crippen LogP contribution is -2.23. The molecule has 6 heteroatoms. The van der Waals surface area contributed by atoms with Crippen molar-refractivity contribution in [1.82, 2.24) is 20.4 Å². The SMILES string of the molecule is C.C=C1CN(C)C(=O)N1.CC(C)C.CC(C)C.CN1CCNC1=O. The average Bonchev–Trinajstić information content (AvgIpc) is 2.85. The van der Waals surface area contributed by atoms with Crippen molar-refractivity contribution in [2.75, 3.05) is 33.7 Å². The average molecular weight is 345 g/mol. The minimum atomic E-state index is -0.0602. The van der Waals surface area contributed by atoms with Gasteiger partial charge in [-0.3, -0.25) is 0 Å². The molecule has 0 bridgehead atoms. The van der Waals surface area contributed by atoms with Crippen LogP contribution in [-0.2, 0) is 0 Å². The van der Waals surface area contributed by atoms with Crippen LogP contribution < -0.4 is 10.6 Å². The third-order valence-electron chi connectivity index (χ3n) is 2.13. The van der Waals surface area contributed by atoms with E-state index in [1.54, 1.807) is 23.9 Å². The van der Waals surface area contributed by atoms with Crippen LogP contribution in [0.15, 0.2) is 12.3 Å². The second kappa shape index (κ2) is 14.8. The summed E-state index contributed by atoms with van der Waals surface area (Å²) in [6.45, 7) is 18.9. The number of rotatable bonds is 0. The smallest absolute Gasteiger partial charge is 0.321 e. The van der Waals surface area contributed by atoms with Crippen LogP contribution >= 0.6 is 0 Å². The van der Waals surface area contributed by atoms with Gasteiger partial charge in [0.15, 0.2) is 0 Å². The predicted molar refractivity (Wildman–Crippen MR) is 104 cm³/mol. The van der Waals surface area contributed by atoms with Crippen molar-refractivity contribution in [3.63, 3.8) is 0 Å². The Bertz CT molecular complexity index is 357. The summed E-state index contributed by atoms with van der Waals surface area (Å²) in [7, 11) is 3.51. The molecule has 2 rings (SSSR count). The maximum atomic E-state index is 10.5. The summed E-state index contributed by atoms with van der Waals surface area (Å²) in [6.07, 6.45) is 0. The van der Waals surface area contributed by atoms with Gasteiger partial charge in [-0.25, -0.2) is 9.59 Å². The van der Waals surface area contributed by atoms with Crippen molar-refractivity contribution >= 4 is 12.1 Å². The molecule has 0 aliphatic carbocycles. The van der Waals surface area contributed by atoms with E-state index in [0.29, 0.717) is 6.54 Å². The van der Waals surface area contributed by atoms with Crippen LogP contribution in [-0.4, -0.2) is 55.6 Å². The van der Waals surface area contributed by atoms with Gasteiger partial charge in [0.25, 0.3) is 0 Å². The Morgan fingerprint density at radius 2 is 1.33 bits per heavy atom. The van der Waals surface area contributed by atoms with Gasteiger partial charge in [0, 0.05) is 32.9 Å². The molecule has 144 valence electrons. The number of carbonyl (C=O) groups excluding carboxylic acids is 2. The molecule has 0 aromatic heterocycles. The molecule has 4 amide bonds. The summed E-state index contributed by atoms with van der Waals surface area (Å²) in [5.41, 5.74) is 0.775. The fraction of sp³-hybridized carbons (Fsp3) is 0.778. The van der Waals surface area contributed by atoms with Gasteiger partial charge in [0.2, 0.25) is 0 Å². The summed E-state index contributed by atoms with van der Waals surface area (Å²) in [5.74, 6) is 1.67. The lowest BCUT2D eigenvalue weighted by Gasteiger charge is -2.01. The maximum Gasteiger partial charge on any atom is 0.321 e. The van der Waals surface area contributed by atoms with E-state index in [4.69, 9.17) is 0 Å². The van der Waals surface area contributed by atoms with Crippen LogP contribution in [0.3, 0.4) is 0 Å². The lowest BCUT2D eigenvalue weighted by atomic mass is 10.3. The van der Waals surface area contributed by atoms with Gasteiger partial charge in [0.05, 0.1) is 6.54 Å². The number of amides is 4. The molecule has 6 nitrogen and oxygen atoms in total. The first-order chi connectivity index (χ1) is 10.5. The van der Waals surface area contributed by atoms with Gasteiger partial charge in [-0.1, -0.05) is 55.5 Å². The van der Waals surface area contributed by atoms with E-state index in [0.717, 1.165) is 30.6 Å². The molecule has 0 atom stereocenters. The fourth-order valence-electron chi connectivity index (χ4n) is 1.21. The predicted octanol–water partition coefficient (Wildman–Crippen LogP) is 3.76. The molecule has 2 aliphatic rings. The third-order valence-corrected chi connectivity index (χ3v) is 2.13. The monoisotopic (exact) mass is 344 g/mol. The van der Waals surface area contributed by atoms with Gasteiger partial charge in [-0.15, -0.1) is 0 Å². The maximum absolute atomic E-state index is 10.5. The first-order valence-electron chi connectivity index (χ1n) is 8.16. The van der Waals surface area contributed by atoms with Gasteiger partial charge < -0.3 is 20.4 Å². The molecule has 2 aliphatic heterocycles. The molecule has 2 saturated heterocycles. The van der Waals surface area contributed by atoms with Crippen molar-refractivity contribution in [2.45, 2.75) is 49.0 Å². The largest absolute Gasteiger partial charge is 0.336 e. The number of likely N-dealkylation sites (N-methyl/N-ethyl adjacent to an activating group) is 2. The Morgan fingerprint density at radius 1 is 0.917 bits per heavy atom. The molecular weight excluding hydrogens is 304 g/mol. The van der Waals surface area contributed by atoms with Crippen LogP contribution in [0, 0.1) is 11.8 Å². The first kappa shape index (κ1) is 27.1. The number of nitrogens with one attached hydrogen (secondary N) is 2. The highest BCUT2D eigenvalue weighted by molar-refractivity contribution is 5.78. The molecule has 24 heavy (non-hydrogen) atoms. The van der Waals surface area contributed by atoms with Crippen molar-refractivity contribution in [3.05, 3.63) is 12.3 Å². The van der Waals surface area contributed by atoms with E-state index < -0.39 is 0 Å². The minimum absolute atomic E-state index is 0. The van der Waals surface area contributed by atoms with E-state index in [9.17, 15) is 9.59 Å². The number of nitrogens with zero attached hydrogens (tertiary/aromatic N) is 2. The normalized spacial score (nSPS) is 15.3. The molecule has 2 heterocycles. The number of urea groups is 2. The summed E-state index contributed by atoms with van der Waals surface area (Å²) in [5, 5.41) is 5.22. The van der Waals surface area contributed by atoms with E-state index in [1.807, 2.05) is 0 Å². The number of hydrogen-bond donors (Lipinski definition) is 2. The Kier molecular flexibility index (Phi) is 16.8. The zero-order valence-electron chi connectivity index (χ0n) is 16.2. The van der Waals surface area contributed by atoms with Gasteiger partial charge >= 0.3 is 12.1 Å². The van der Waals surface area contributed by atoms with Gasteiger partial charge in [-0.05, 0) is 11.8 Å². The molecule has 0 spiro atoms. The van der Waals surface area contributed by atoms with E-state index in [2.05, 4.69) is 58.8 Å². The second-order valence-corrected chi connectivity index (χ2v) is 7.01. The van der Waals surface area contributed by atoms with Crippen molar-refractivity contribution in [3.8, 4) is 0 Å². The molecular formula is C18H40N4O2. The molecule has 0 radical (unpaired) electrons. The standard InChI is InChI=1S/C5H8N2O.C4H8N2O.2C4H10.CH4/c1-4-3-7(2)5(8)6-4;1-6-3-2-5-4(6)7;2*1-4(2)3;/h1,3H2,2H3,(H,6,8);2-3H2,1H3,(H,5,7);2*4H,1-3H3;1H4. The van der Waals surface area contributed by atoms with Gasteiger partial charge in [0.1, 0.15) is 0 Å². The van der Waals surface area contributed by atoms with Crippen LogP contribution in [0.25, 0.3) is 0 Å². The first-order valence-corrected chi connectivity index (χ1v) is 8.16. The van der Waals surface area contributed by atoms with Crippen LogP contribution in [0.1, 0.15) is 49.0 Å². The minimum Gasteiger partial charge on any atom is -0.336 e. The molecule has 0 aromatic carbocycles. The van der Waals surface area contributed by atoms with Crippen LogP contribution in [0.2, 0.25) is 0 Å². The van der Waals surface area contributed by atoms with Crippen molar-refractivity contribution in [2.24, 2.45) is 11.8 Å². The van der Waals surface area contributed by atoms with Crippen molar-refractivity contribution < 1.29 is 9.59 Å². The molecule has 0 aromatic rings. The molecule has 2 N–H and O–H groups in total. The van der Waals surface area contributed by atoms with Crippen molar-refractivity contribution in [1.29, 1.82) is 0 Å².